The molecule has 0 radical (unpaired) electrons. The number of carboxylic acids is 1. The van der Waals surface area contributed by atoms with Crippen LogP contribution in [-0.2, 0) is 22.6 Å². The molecule has 1 amide bonds. The third kappa shape index (κ3) is 5.46. The molecule has 2 aromatic rings. The second-order valence-corrected chi connectivity index (χ2v) is 8.21. The van der Waals surface area contributed by atoms with Crippen molar-refractivity contribution in [2.75, 3.05) is 13.1 Å². The van der Waals surface area contributed by atoms with Crippen LogP contribution in [-0.4, -0.2) is 44.8 Å². The van der Waals surface area contributed by atoms with Crippen LogP contribution in [0.25, 0.3) is 0 Å². The van der Waals surface area contributed by atoms with Crippen molar-refractivity contribution in [3.8, 4) is 0 Å². The van der Waals surface area contributed by atoms with E-state index >= 15 is 0 Å². The van der Waals surface area contributed by atoms with Gasteiger partial charge >= 0.3 is 5.97 Å². The van der Waals surface area contributed by atoms with E-state index in [9.17, 15) is 9.59 Å². The van der Waals surface area contributed by atoms with E-state index in [-0.39, 0.29) is 18.2 Å². The van der Waals surface area contributed by atoms with E-state index in [0.717, 1.165) is 36.3 Å². The van der Waals surface area contributed by atoms with Crippen molar-refractivity contribution >= 4 is 11.9 Å². The molecule has 1 N–H and O–H groups in total. The van der Waals surface area contributed by atoms with E-state index in [0.29, 0.717) is 25.9 Å². The van der Waals surface area contributed by atoms with Gasteiger partial charge in [-0.25, -0.2) is 0 Å². The zero-order chi connectivity index (χ0) is 21.0. The van der Waals surface area contributed by atoms with Gasteiger partial charge in [0.25, 0.3) is 0 Å². The van der Waals surface area contributed by atoms with E-state index in [1.54, 1.807) is 0 Å². The van der Waals surface area contributed by atoms with Crippen molar-refractivity contribution < 1.29 is 14.7 Å². The van der Waals surface area contributed by atoms with Gasteiger partial charge in [-0.05, 0) is 57.1 Å². The lowest BCUT2D eigenvalue weighted by Gasteiger charge is -2.31. The van der Waals surface area contributed by atoms with Crippen LogP contribution in [0.2, 0.25) is 0 Å². The van der Waals surface area contributed by atoms with Crippen LogP contribution in [0.5, 0.6) is 0 Å². The molecule has 1 saturated heterocycles. The first-order chi connectivity index (χ1) is 13.8. The molecule has 1 aromatic heterocycles. The Bertz CT molecular complexity index is 862. The Kier molecular flexibility index (Phi) is 6.72. The number of carboxylic acid groups (broad SMARTS) is 1. The largest absolute Gasteiger partial charge is 0.481 e. The van der Waals surface area contributed by atoms with Crippen molar-refractivity contribution in [2.45, 2.75) is 59.4 Å². The topological polar surface area (TPSA) is 75.4 Å². The van der Waals surface area contributed by atoms with E-state index < -0.39 is 5.97 Å². The van der Waals surface area contributed by atoms with Gasteiger partial charge in [0.2, 0.25) is 5.91 Å². The lowest BCUT2D eigenvalue weighted by Crippen LogP contribution is -2.39. The van der Waals surface area contributed by atoms with E-state index in [1.165, 1.54) is 11.1 Å². The third-order valence-electron chi connectivity index (χ3n) is 6.00. The maximum atomic E-state index is 12.6. The third-order valence-corrected chi connectivity index (χ3v) is 6.00. The molecule has 156 valence electrons. The second kappa shape index (κ2) is 9.25. The Balaban J connectivity index is 1.55. The summed E-state index contributed by atoms with van der Waals surface area (Å²) in [6.07, 6.45) is 2.94. The first-order valence-electron chi connectivity index (χ1n) is 10.4. The fourth-order valence-corrected chi connectivity index (χ4v) is 4.14. The highest BCUT2D eigenvalue weighted by Gasteiger charge is 2.24. The molecule has 0 saturated carbocycles. The van der Waals surface area contributed by atoms with Gasteiger partial charge in [0.1, 0.15) is 0 Å². The Morgan fingerprint density at radius 2 is 1.76 bits per heavy atom. The van der Waals surface area contributed by atoms with Crippen LogP contribution in [0, 0.1) is 26.7 Å². The molecule has 0 atom stereocenters. The molecular weight excluding hydrogens is 366 g/mol. The monoisotopic (exact) mass is 397 g/mol. The maximum Gasteiger partial charge on any atom is 0.303 e. The minimum absolute atomic E-state index is 0.156. The first kappa shape index (κ1) is 21.1. The summed E-state index contributed by atoms with van der Waals surface area (Å²) in [7, 11) is 0. The first-order valence-corrected chi connectivity index (χ1v) is 10.4. The molecule has 1 fully saturated rings. The fourth-order valence-electron chi connectivity index (χ4n) is 4.14. The smallest absolute Gasteiger partial charge is 0.303 e. The van der Waals surface area contributed by atoms with E-state index in [4.69, 9.17) is 10.2 Å². The number of nitrogens with zero attached hydrogens (tertiary/aromatic N) is 3. The summed E-state index contributed by atoms with van der Waals surface area (Å²) >= 11 is 0. The van der Waals surface area contributed by atoms with Crippen molar-refractivity contribution in [2.24, 2.45) is 5.92 Å². The highest BCUT2D eigenvalue weighted by molar-refractivity contribution is 5.76. The number of hydrogen-bond donors (Lipinski definition) is 1. The molecule has 6 nitrogen and oxygen atoms in total. The number of aromatic nitrogens is 2. The average molecular weight is 398 g/mol. The van der Waals surface area contributed by atoms with Crippen molar-refractivity contribution in [3.05, 3.63) is 52.3 Å². The average Bonchev–Trinajstić information content (AvgIpc) is 2.94. The minimum atomic E-state index is -0.747. The summed E-state index contributed by atoms with van der Waals surface area (Å²) in [5.41, 5.74) is 5.73. The van der Waals surface area contributed by atoms with Gasteiger partial charge in [-0.2, -0.15) is 5.10 Å². The minimum Gasteiger partial charge on any atom is -0.481 e. The van der Waals surface area contributed by atoms with Gasteiger partial charge < -0.3 is 10.0 Å². The molecule has 6 heteroatoms. The van der Waals surface area contributed by atoms with Gasteiger partial charge in [0.15, 0.2) is 0 Å². The summed E-state index contributed by atoms with van der Waals surface area (Å²) in [5.74, 6) is -0.395. The van der Waals surface area contributed by atoms with E-state index in [1.807, 2.05) is 16.5 Å². The zero-order valence-electron chi connectivity index (χ0n) is 17.6. The van der Waals surface area contributed by atoms with Gasteiger partial charge in [0, 0.05) is 31.6 Å². The van der Waals surface area contributed by atoms with Crippen LogP contribution >= 0.6 is 0 Å². The highest BCUT2D eigenvalue weighted by atomic mass is 16.4. The number of rotatable bonds is 7. The number of benzene rings is 1. The normalized spacial score (nSPS) is 14.9. The standard InChI is InChI=1S/C23H31N3O3/c1-16-4-6-20(7-5-16)15-26-18(3)21(17(2)24-26)8-9-22(27)25-12-10-19(11-13-25)14-23(28)29/h4-7,19H,8-15H2,1-3H3,(H,28,29). The van der Waals surface area contributed by atoms with Crippen LogP contribution < -0.4 is 0 Å². The van der Waals surface area contributed by atoms with Crippen LogP contribution in [0.3, 0.4) is 0 Å². The number of piperidine rings is 1. The van der Waals surface area contributed by atoms with Gasteiger partial charge in [-0.15, -0.1) is 0 Å². The second-order valence-electron chi connectivity index (χ2n) is 8.21. The number of aryl methyl sites for hydroxylation is 2. The maximum absolute atomic E-state index is 12.6. The van der Waals surface area contributed by atoms with Crippen molar-refractivity contribution in [1.82, 2.24) is 14.7 Å². The summed E-state index contributed by atoms with van der Waals surface area (Å²) in [6, 6.07) is 8.48. The Morgan fingerprint density at radius 3 is 2.38 bits per heavy atom. The van der Waals surface area contributed by atoms with Gasteiger partial charge in [-0.3, -0.25) is 14.3 Å². The number of hydrogen-bond acceptors (Lipinski definition) is 3. The molecule has 0 unspecified atom stereocenters. The predicted molar refractivity (Wildman–Crippen MR) is 112 cm³/mol. The number of carbonyl (C=O) groups excluding carboxylic acids is 1. The molecule has 29 heavy (non-hydrogen) atoms. The molecule has 0 bridgehead atoms. The lowest BCUT2D eigenvalue weighted by atomic mass is 9.93. The number of aliphatic carboxylic acids is 1. The van der Waals surface area contributed by atoms with Crippen molar-refractivity contribution in [3.63, 3.8) is 0 Å². The summed E-state index contributed by atoms with van der Waals surface area (Å²) in [6.45, 7) is 8.24. The summed E-state index contributed by atoms with van der Waals surface area (Å²) < 4.78 is 2.03. The Morgan fingerprint density at radius 1 is 1.10 bits per heavy atom. The molecule has 1 aliphatic rings. The van der Waals surface area contributed by atoms with Crippen molar-refractivity contribution in [1.29, 1.82) is 0 Å². The van der Waals surface area contributed by atoms with Crippen LogP contribution in [0.4, 0.5) is 0 Å². The van der Waals surface area contributed by atoms with Crippen LogP contribution in [0.15, 0.2) is 24.3 Å². The predicted octanol–water partition coefficient (Wildman–Crippen LogP) is 3.50. The molecule has 0 spiro atoms. The number of carbonyl (C=O) groups is 2. The quantitative estimate of drug-likeness (QED) is 0.776. The van der Waals surface area contributed by atoms with E-state index in [2.05, 4.69) is 38.1 Å². The molecule has 1 aromatic carbocycles. The summed E-state index contributed by atoms with van der Waals surface area (Å²) in [5, 5.41) is 13.6. The molecule has 0 aliphatic carbocycles. The van der Waals surface area contributed by atoms with Gasteiger partial charge in [0.05, 0.1) is 12.2 Å². The lowest BCUT2D eigenvalue weighted by molar-refractivity contribution is -0.138. The molecule has 1 aliphatic heterocycles. The fraction of sp³-hybridized carbons (Fsp3) is 0.522. The Hall–Kier alpha value is -2.63. The summed E-state index contributed by atoms with van der Waals surface area (Å²) in [4.78, 5) is 25.4. The Labute approximate surface area is 172 Å². The SMILES string of the molecule is Cc1ccc(Cn2nc(C)c(CCC(=O)N3CCC(CC(=O)O)CC3)c2C)cc1. The highest BCUT2D eigenvalue weighted by Crippen LogP contribution is 2.22. The number of amides is 1. The zero-order valence-corrected chi connectivity index (χ0v) is 17.6. The van der Waals surface area contributed by atoms with Crippen LogP contribution in [0.1, 0.15) is 53.8 Å². The molecule has 2 heterocycles. The molecule has 3 rings (SSSR count). The molecular formula is C23H31N3O3. The number of likely N-dealkylation sites (tertiary alicyclic amines) is 1. The van der Waals surface area contributed by atoms with Gasteiger partial charge in [-0.1, -0.05) is 29.8 Å².